The van der Waals surface area contributed by atoms with Crippen LogP contribution in [-0.4, -0.2) is 72.1 Å². The molecule has 8 heteroatoms. The van der Waals surface area contributed by atoms with E-state index in [0.29, 0.717) is 50.4 Å². The van der Waals surface area contributed by atoms with Crippen molar-refractivity contribution in [1.82, 2.24) is 9.80 Å². The summed E-state index contributed by atoms with van der Waals surface area (Å²) in [5.74, 6) is -0.380. The van der Waals surface area contributed by atoms with Crippen molar-refractivity contribution in [3.05, 3.63) is 24.3 Å². The van der Waals surface area contributed by atoms with Gasteiger partial charge < -0.3 is 24.4 Å². The summed E-state index contributed by atoms with van der Waals surface area (Å²) in [6.45, 7) is 2.87. The van der Waals surface area contributed by atoms with E-state index in [1.54, 1.807) is 29.2 Å². The SMILES string of the molecule is COc1ccccc1OCC(=O)N1CC2(CCN(C(C)=O)CC2)C[C@H]1C(=O)O. The molecule has 1 spiro atoms. The predicted molar refractivity (Wildman–Crippen MR) is 100 cm³/mol. The van der Waals surface area contributed by atoms with E-state index in [2.05, 4.69) is 0 Å². The van der Waals surface area contributed by atoms with Gasteiger partial charge in [0.1, 0.15) is 6.04 Å². The van der Waals surface area contributed by atoms with E-state index >= 15 is 0 Å². The second-order valence-electron chi connectivity index (χ2n) is 7.53. The lowest BCUT2D eigenvalue weighted by Gasteiger charge is -2.38. The first kappa shape index (κ1) is 20.0. The van der Waals surface area contributed by atoms with Crippen molar-refractivity contribution >= 4 is 17.8 Å². The number of amides is 2. The molecule has 2 amide bonds. The molecule has 2 aliphatic heterocycles. The molecule has 1 N–H and O–H groups in total. The highest BCUT2D eigenvalue weighted by molar-refractivity contribution is 5.85. The Labute approximate surface area is 164 Å². The number of carbonyl (C=O) groups excluding carboxylic acids is 2. The van der Waals surface area contributed by atoms with Crippen molar-refractivity contribution in [2.45, 2.75) is 32.2 Å². The molecule has 0 unspecified atom stereocenters. The number of ether oxygens (including phenoxy) is 2. The summed E-state index contributed by atoms with van der Waals surface area (Å²) < 4.78 is 10.8. The Morgan fingerprint density at radius 3 is 2.39 bits per heavy atom. The fourth-order valence-corrected chi connectivity index (χ4v) is 4.16. The zero-order valence-corrected chi connectivity index (χ0v) is 16.2. The summed E-state index contributed by atoms with van der Waals surface area (Å²) in [7, 11) is 1.52. The van der Waals surface area contributed by atoms with Crippen LogP contribution in [0.2, 0.25) is 0 Å². The molecule has 0 saturated carbocycles. The molecular formula is C20H26N2O6. The summed E-state index contributed by atoms with van der Waals surface area (Å²) in [6.07, 6.45) is 1.81. The van der Waals surface area contributed by atoms with Crippen LogP contribution in [0.1, 0.15) is 26.2 Å². The second-order valence-corrected chi connectivity index (χ2v) is 7.53. The van der Waals surface area contributed by atoms with E-state index in [1.807, 2.05) is 0 Å². The molecule has 3 rings (SSSR count). The Bertz CT molecular complexity index is 757. The van der Waals surface area contributed by atoms with E-state index < -0.39 is 12.0 Å². The summed E-state index contributed by atoms with van der Waals surface area (Å²) in [6, 6.07) is 6.14. The van der Waals surface area contributed by atoms with Crippen LogP contribution >= 0.6 is 0 Å². The van der Waals surface area contributed by atoms with Gasteiger partial charge >= 0.3 is 5.97 Å². The van der Waals surface area contributed by atoms with Gasteiger partial charge in [-0.1, -0.05) is 12.1 Å². The molecule has 1 aromatic rings. The minimum absolute atomic E-state index is 0.0285. The Morgan fingerprint density at radius 2 is 1.82 bits per heavy atom. The van der Waals surface area contributed by atoms with Crippen molar-refractivity contribution in [2.75, 3.05) is 33.4 Å². The molecule has 2 fully saturated rings. The van der Waals surface area contributed by atoms with E-state index in [9.17, 15) is 19.5 Å². The average Bonchev–Trinajstić information content (AvgIpc) is 3.06. The lowest BCUT2D eigenvalue weighted by Crippen LogP contribution is -2.45. The van der Waals surface area contributed by atoms with Crippen molar-refractivity contribution < 1.29 is 29.0 Å². The summed E-state index contributed by atoms with van der Waals surface area (Å²) in [5, 5.41) is 9.63. The molecular weight excluding hydrogens is 364 g/mol. The van der Waals surface area contributed by atoms with Crippen LogP contribution in [0.15, 0.2) is 24.3 Å². The van der Waals surface area contributed by atoms with Crippen LogP contribution in [0, 0.1) is 5.41 Å². The topological polar surface area (TPSA) is 96.4 Å². The number of piperidine rings is 1. The number of carboxylic acid groups (broad SMARTS) is 1. The molecule has 28 heavy (non-hydrogen) atoms. The number of carbonyl (C=O) groups is 3. The third-order valence-corrected chi connectivity index (χ3v) is 5.80. The number of nitrogens with zero attached hydrogens (tertiary/aromatic N) is 2. The van der Waals surface area contributed by atoms with Crippen LogP contribution in [0.5, 0.6) is 11.5 Å². The van der Waals surface area contributed by atoms with Gasteiger partial charge in [0.05, 0.1) is 7.11 Å². The summed E-state index contributed by atoms with van der Waals surface area (Å²) >= 11 is 0. The number of carboxylic acids is 1. The smallest absolute Gasteiger partial charge is 0.326 e. The van der Waals surface area contributed by atoms with Gasteiger partial charge in [-0.15, -0.1) is 0 Å². The quantitative estimate of drug-likeness (QED) is 0.816. The molecule has 0 aromatic heterocycles. The first-order chi connectivity index (χ1) is 13.3. The maximum Gasteiger partial charge on any atom is 0.326 e. The monoisotopic (exact) mass is 390 g/mol. The van der Waals surface area contributed by atoms with Gasteiger partial charge in [-0.3, -0.25) is 9.59 Å². The van der Waals surface area contributed by atoms with Crippen LogP contribution in [0.3, 0.4) is 0 Å². The average molecular weight is 390 g/mol. The normalized spacial score (nSPS) is 20.9. The van der Waals surface area contributed by atoms with Crippen molar-refractivity contribution in [3.8, 4) is 11.5 Å². The van der Waals surface area contributed by atoms with Crippen molar-refractivity contribution in [2.24, 2.45) is 5.41 Å². The lowest BCUT2D eigenvalue weighted by molar-refractivity contribution is -0.149. The molecule has 0 bridgehead atoms. The standard InChI is InChI=1S/C20H26N2O6/c1-14(23)21-9-7-20(8-10-21)11-15(19(25)26)22(13-20)18(24)12-28-17-6-4-3-5-16(17)27-2/h3-6,15H,7-13H2,1-2H3,(H,25,26)/t15-/m0/s1. The zero-order chi connectivity index (χ0) is 20.3. The third-order valence-electron chi connectivity index (χ3n) is 5.80. The maximum absolute atomic E-state index is 12.8. The molecule has 2 heterocycles. The lowest BCUT2D eigenvalue weighted by atomic mass is 9.76. The molecule has 0 aliphatic carbocycles. The van der Waals surface area contributed by atoms with Gasteiger partial charge in [-0.05, 0) is 36.8 Å². The largest absolute Gasteiger partial charge is 0.493 e. The van der Waals surface area contributed by atoms with Crippen LogP contribution in [0.4, 0.5) is 0 Å². The van der Waals surface area contributed by atoms with E-state index in [-0.39, 0.29) is 23.8 Å². The van der Waals surface area contributed by atoms with Gasteiger partial charge in [0.15, 0.2) is 18.1 Å². The fourth-order valence-electron chi connectivity index (χ4n) is 4.16. The van der Waals surface area contributed by atoms with Gasteiger partial charge in [-0.25, -0.2) is 4.79 Å². The van der Waals surface area contributed by atoms with Crippen LogP contribution in [-0.2, 0) is 14.4 Å². The minimum Gasteiger partial charge on any atom is -0.493 e. The molecule has 1 aromatic carbocycles. The van der Waals surface area contributed by atoms with Crippen molar-refractivity contribution in [1.29, 1.82) is 0 Å². The number of hydrogen-bond acceptors (Lipinski definition) is 5. The molecule has 152 valence electrons. The van der Waals surface area contributed by atoms with Gasteiger partial charge in [0.25, 0.3) is 5.91 Å². The van der Waals surface area contributed by atoms with Gasteiger partial charge in [0, 0.05) is 26.6 Å². The Morgan fingerprint density at radius 1 is 1.18 bits per heavy atom. The highest BCUT2D eigenvalue weighted by Crippen LogP contribution is 2.43. The number of benzene rings is 1. The number of methoxy groups -OCH3 is 1. The number of aliphatic carboxylic acids is 1. The molecule has 8 nitrogen and oxygen atoms in total. The Hall–Kier alpha value is -2.77. The number of hydrogen-bond donors (Lipinski definition) is 1. The molecule has 2 saturated heterocycles. The molecule has 2 aliphatic rings. The zero-order valence-electron chi connectivity index (χ0n) is 16.2. The Balaban J connectivity index is 1.67. The highest BCUT2D eigenvalue weighted by atomic mass is 16.5. The minimum atomic E-state index is -1.00. The second kappa shape index (κ2) is 8.08. The Kier molecular flexibility index (Phi) is 5.76. The van der Waals surface area contributed by atoms with E-state index in [0.717, 1.165) is 0 Å². The molecule has 1 atom stereocenters. The summed E-state index contributed by atoms with van der Waals surface area (Å²) in [4.78, 5) is 39.3. The molecule has 0 radical (unpaired) electrons. The van der Waals surface area contributed by atoms with Crippen LogP contribution < -0.4 is 9.47 Å². The number of rotatable bonds is 5. The maximum atomic E-state index is 12.8. The van der Waals surface area contributed by atoms with Gasteiger partial charge in [0.2, 0.25) is 5.91 Å². The highest BCUT2D eigenvalue weighted by Gasteiger charge is 2.50. The summed E-state index contributed by atoms with van der Waals surface area (Å²) in [5.41, 5.74) is -0.255. The number of likely N-dealkylation sites (tertiary alicyclic amines) is 2. The van der Waals surface area contributed by atoms with Crippen LogP contribution in [0.25, 0.3) is 0 Å². The third kappa shape index (κ3) is 4.05. The number of para-hydroxylation sites is 2. The van der Waals surface area contributed by atoms with E-state index in [4.69, 9.17) is 9.47 Å². The first-order valence-electron chi connectivity index (χ1n) is 9.39. The first-order valence-corrected chi connectivity index (χ1v) is 9.39. The fraction of sp³-hybridized carbons (Fsp3) is 0.550. The predicted octanol–water partition coefficient (Wildman–Crippen LogP) is 1.39. The van der Waals surface area contributed by atoms with E-state index in [1.165, 1.54) is 18.9 Å². The van der Waals surface area contributed by atoms with Gasteiger partial charge in [-0.2, -0.15) is 0 Å². The van der Waals surface area contributed by atoms with Crippen molar-refractivity contribution in [3.63, 3.8) is 0 Å².